The van der Waals surface area contributed by atoms with Gasteiger partial charge in [-0.1, -0.05) is 6.92 Å². The number of nitrogens with zero attached hydrogens (tertiary/aromatic N) is 2. The average Bonchev–Trinajstić information content (AvgIpc) is 2.62. The van der Waals surface area contributed by atoms with E-state index in [-0.39, 0.29) is 24.8 Å². The molecule has 3 rings (SSSR count). The number of hydrogen-bond acceptors (Lipinski definition) is 3. The summed E-state index contributed by atoms with van der Waals surface area (Å²) in [6.07, 6.45) is 7.49. The first-order chi connectivity index (χ1) is 12.4. The average molecular weight is 373 g/mol. The second-order valence-electron chi connectivity index (χ2n) is 8.75. The summed E-state index contributed by atoms with van der Waals surface area (Å²) in [5.41, 5.74) is 0. The minimum absolute atomic E-state index is 0.00712. The molecule has 2 saturated carbocycles. The van der Waals surface area contributed by atoms with Gasteiger partial charge in [0, 0.05) is 44.1 Å². The van der Waals surface area contributed by atoms with Crippen molar-refractivity contribution < 1.29 is 18.7 Å². The van der Waals surface area contributed by atoms with E-state index in [1.165, 1.54) is 25.7 Å². The molecule has 1 N–H and O–H groups in total. The smallest absolute Gasteiger partial charge is 0.250 e. The fourth-order valence-electron chi connectivity index (χ4n) is 5.31. The van der Waals surface area contributed by atoms with Crippen LogP contribution in [-0.2, 0) is 4.79 Å². The van der Waals surface area contributed by atoms with E-state index < -0.39 is 18.6 Å². The topological polar surface area (TPSA) is 43.8 Å². The van der Waals surface area contributed by atoms with Crippen LogP contribution in [0.2, 0.25) is 0 Å². The second-order valence-corrected chi connectivity index (χ2v) is 8.75. The van der Waals surface area contributed by atoms with E-state index in [1.807, 2.05) is 0 Å². The number of aliphatic hydroxyl groups excluding tert-OH is 1. The highest BCUT2D eigenvalue weighted by Crippen LogP contribution is 2.37. The zero-order valence-corrected chi connectivity index (χ0v) is 16.0. The second kappa shape index (κ2) is 8.51. The summed E-state index contributed by atoms with van der Waals surface area (Å²) in [6.45, 7) is 3.60. The molecule has 150 valence electrons. The summed E-state index contributed by atoms with van der Waals surface area (Å²) in [6, 6.07) is 0.214. The largest absolute Gasteiger partial charge is 0.387 e. The predicted octanol–water partition coefficient (Wildman–Crippen LogP) is 3.43. The Labute approximate surface area is 155 Å². The predicted molar refractivity (Wildman–Crippen MR) is 97.1 cm³/mol. The van der Waals surface area contributed by atoms with Gasteiger partial charge in [0.25, 0.3) is 0 Å². The van der Waals surface area contributed by atoms with Gasteiger partial charge in [-0.05, 0) is 57.3 Å². The number of rotatable bonds is 4. The van der Waals surface area contributed by atoms with E-state index in [2.05, 4.69) is 11.8 Å². The van der Waals surface area contributed by atoms with Crippen molar-refractivity contribution in [3.05, 3.63) is 0 Å². The van der Waals surface area contributed by atoms with Crippen molar-refractivity contribution in [1.29, 1.82) is 0 Å². The highest BCUT2D eigenvalue weighted by Gasteiger charge is 2.42. The van der Waals surface area contributed by atoms with Gasteiger partial charge in [0.1, 0.15) is 6.61 Å². The van der Waals surface area contributed by atoms with Crippen LogP contribution in [-0.4, -0.2) is 64.6 Å². The van der Waals surface area contributed by atoms with Crippen LogP contribution < -0.4 is 0 Å². The van der Waals surface area contributed by atoms with Gasteiger partial charge >= 0.3 is 0 Å². The number of carbonyl (C=O) groups is 1. The molecule has 0 bridgehead atoms. The van der Waals surface area contributed by atoms with Gasteiger partial charge in [-0.3, -0.25) is 4.79 Å². The summed E-state index contributed by atoms with van der Waals surface area (Å²) in [7, 11) is 0. The van der Waals surface area contributed by atoms with E-state index >= 15 is 0 Å². The number of aliphatic hydroxyl groups is 1. The van der Waals surface area contributed by atoms with E-state index in [1.54, 1.807) is 4.90 Å². The zero-order valence-electron chi connectivity index (χ0n) is 16.0. The number of amides is 1. The van der Waals surface area contributed by atoms with Crippen molar-refractivity contribution in [3.63, 3.8) is 0 Å². The van der Waals surface area contributed by atoms with Crippen molar-refractivity contribution in [2.24, 2.45) is 5.92 Å². The Kier molecular flexibility index (Phi) is 6.54. The first-order valence-electron chi connectivity index (χ1n) is 10.4. The van der Waals surface area contributed by atoms with Crippen LogP contribution in [0.25, 0.3) is 0 Å². The molecule has 1 atom stereocenters. The van der Waals surface area contributed by atoms with E-state index in [0.717, 1.165) is 31.8 Å². The zero-order chi connectivity index (χ0) is 18.7. The lowest BCUT2D eigenvalue weighted by Crippen LogP contribution is -2.55. The fourth-order valence-corrected chi connectivity index (χ4v) is 5.31. The Bertz CT molecular complexity index is 472. The van der Waals surface area contributed by atoms with Crippen LogP contribution in [0.5, 0.6) is 0 Å². The minimum Gasteiger partial charge on any atom is -0.387 e. The van der Waals surface area contributed by atoms with Gasteiger partial charge in [0.15, 0.2) is 0 Å². The third-order valence-corrected chi connectivity index (χ3v) is 6.83. The molecule has 6 heteroatoms. The van der Waals surface area contributed by atoms with Crippen LogP contribution in [0.15, 0.2) is 0 Å². The third kappa shape index (κ3) is 4.75. The molecule has 1 aliphatic heterocycles. The molecule has 4 nitrogen and oxygen atoms in total. The monoisotopic (exact) mass is 372 g/mol. The molecule has 0 aromatic carbocycles. The van der Waals surface area contributed by atoms with Crippen LogP contribution in [0, 0.1) is 5.92 Å². The SMILES string of the molecule is CC1CCC(N2CCC(N(C(=O)CO)C3CCCC(F)(F)C3)CC2)CC1. The molecule has 0 aromatic heterocycles. The lowest BCUT2D eigenvalue weighted by molar-refractivity contribution is -0.146. The van der Waals surface area contributed by atoms with Gasteiger partial charge in [-0.25, -0.2) is 8.78 Å². The van der Waals surface area contributed by atoms with E-state index in [4.69, 9.17) is 0 Å². The summed E-state index contributed by atoms with van der Waals surface area (Å²) in [5, 5.41) is 9.39. The lowest BCUT2D eigenvalue weighted by Gasteiger charge is -2.46. The lowest BCUT2D eigenvalue weighted by atomic mass is 9.85. The van der Waals surface area contributed by atoms with Gasteiger partial charge in [-0.2, -0.15) is 0 Å². The Balaban J connectivity index is 1.59. The van der Waals surface area contributed by atoms with Gasteiger partial charge in [-0.15, -0.1) is 0 Å². The molecule has 1 unspecified atom stereocenters. The van der Waals surface area contributed by atoms with Crippen molar-refractivity contribution in [3.8, 4) is 0 Å². The molecule has 1 saturated heterocycles. The van der Waals surface area contributed by atoms with Crippen LogP contribution in [0.1, 0.15) is 71.1 Å². The van der Waals surface area contributed by atoms with Crippen LogP contribution in [0.3, 0.4) is 0 Å². The molecular weight excluding hydrogens is 338 g/mol. The maximum Gasteiger partial charge on any atom is 0.250 e. The molecule has 1 heterocycles. The highest BCUT2D eigenvalue weighted by atomic mass is 19.3. The molecule has 3 aliphatic rings. The normalized spacial score (nSPS) is 33.8. The van der Waals surface area contributed by atoms with Gasteiger partial charge in [0.05, 0.1) is 0 Å². The number of alkyl halides is 2. The van der Waals surface area contributed by atoms with Crippen LogP contribution >= 0.6 is 0 Å². The third-order valence-electron chi connectivity index (χ3n) is 6.83. The van der Waals surface area contributed by atoms with Crippen molar-refractivity contribution >= 4 is 5.91 Å². The fraction of sp³-hybridized carbons (Fsp3) is 0.950. The maximum atomic E-state index is 13.9. The summed E-state index contributed by atoms with van der Waals surface area (Å²) in [5.74, 6) is -2.23. The first-order valence-corrected chi connectivity index (χ1v) is 10.4. The molecule has 0 radical (unpaired) electrons. The first kappa shape index (κ1) is 20.0. The number of halogens is 2. The quantitative estimate of drug-likeness (QED) is 0.822. The Hall–Kier alpha value is -0.750. The van der Waals surface area contributed by atoms with Crippen molar-refractivity contribution in [2.75, 3.05) is 19.7 Å². The van der Waals surface area contributed by atoms with Crippen molar-refractivity contribution in [2.45, 2.75) is 95.2 Å². The molecule has 26 heavy (non-hydrogen) atoms. The molecule has 0 aromatic rings. The summed E-state index contributed by atoms with van der Waals surface area (Å²) in [4.78, 5) is 16.5. The summed E-state index contributed by atoms with van der Waals surface area (Å²) < 4.78 is 27.8. The van der Waals surface area contributed by atoms with E-state index in [9.17, 15) is 18.7 Å². The molecular formula is C20H34F2N2O2. The summed E-state index contributed by atoms with van der Waals surface area (Å²) >= 11 is 0. The Morgan fingerprint density at radius 1 is 1.08 bits per heavy atom. The highest BCUT2D eigenvalue weighted by molar-refractivity contribution is 5.78. The molecule has 2 aliphatic carbocycles. The number of piperidine rings is 1. The van der Waals surface area contributed by atoms with Gasteiger partial charge < -0.3 is 14.9 Å². The number of likely N-dealkylation sites (tertiary alicyclic amines) is 1. The van der Waals surface area contributed by atoms with E-state index in [0.29, 0.717) is 18.9 Å². The Morgan fingerprint density at radius 2 is 1.73 bits per heavy atom. The maximum absolute atomic E-state index is 13.9. The standard InChI is InChI=1S/C20H34F2N2O2/c1-15-4-6-16(7-5-15)23-11-8-17(9-12-23)24(19(26)14-25)18-3-2-10-20(21,22)13-18/h15-18,25H,2-14H2,1H3. The number of hydrogen-bond donors (Lipinski definition) is 1. The Morgan fingerprint density at radius 3 is 2.31 bits per heavy atom. The van der Waals surface area contributed by atoms with Crippen LogP contribution in [0.4, 0.5) is 8.78 Å². The molecule has 1 amide bonds. The van der Waals surface area contributed by atoms with Gasteiger partial charge in [0.2, 0.25) is 11.8 Å². The molecule has 3 fully saturated rings. The van der Waals surface area contributed by atoms with Crippen molar-refractivity contribution in [1.82, 2.24) is 9.80 Å². The number of carbonyl (C=O) groups excluding carboxylic acids is 1. The molecule has 0 spiro atoms. The minimum atomic E-state index is -2.68.